The molecule has 0 bridgehead atoms. The number of amides is 1. The summed E-state index contributed by atoms with van der Waals surface area (Å²) in [6.07, 6.45) is 1.58. The Balaban J connectivity index is 1.92. The van der Waals surface area contributed by atoms with Crippen molar-refractivity contribution in [2.24, 2.45) is 7.05 Å². The zero-order valence-electron chi connectivity index (χ0n) is 14.0. The zero-order valence-corrected chi connectivity index (χ0v) is 14.0. The van der Waals surface area contributed by atoms with Crippen LogP contribution >= 0.6 is 0 Å². The van der Waals surface area contributed by atoms with Crippen molar-refractivity contribution >= 4 is 17.6 Å². The van der Waals surface area contributed by atoms with Crippen LogP contribution in [0.3, 0.4) is 0 Å². The molecule has 25 heavy (non-hydrogen) atoms. The molecule has 0 saturated carbocycles. The lowest BCUT2D eigenvalue weighted by molar-refractivity contribution is 0.0686. The van der Waals surface area contributed by atoms with Gasteiger partial charge in [0.05, 0.1) is 5.69 Å². The largest absolute Gasteiger partial charge is 0.477 e. The fraction of sp³-hybridized carbons (Fsp3) is 0.100. The fourth-order valence-electron chi connectivity index (χ4n) is 2.71. The van der Waals surface area contributed by atoms with E-state index in [-0.39, 0.29) is 11.6 Å². The first-order chi connectivity index (χ1) is 12.0. The van der Waals surface area contributed by atoms with E-state index in [1.807, 2.05) is 43.3 Å². The molecule has 0 radical (unpaired) electrons. The Morgan fingerprint density at radius 1 is 1.04 bits per heavy atom. The highest BCUT2D eigenvalue weighted by Gasteiger charge is 2.15. The minimum absolute atomic E-state index is 0.113. The average molecular weight is 334 g/mol. The van der Waals surface area contributed by atoms with Gasteiger partial charge in [0, 0.05) is 18.8 Å². The number of nitrogens with zero attached hydrogens (tertiary/aromatic N) is 1. The minimum Gasteiger partial charge on any atom is -0.477 e. The second-order valence-electron chi connectivity index (χ2n) is 5.90. The molecule has 1 aromatic heterocycles. The number of hydrogen-bond acceptors (Lipinski definition) is 2. The van der Waals surface area contributed by atoms with Crippen LogP contribution in [0.2, 0.25) is 0 Å². The van der Waals surface area contributed by atoms with Gasteiger partial charge in [0.15, 0.2) is 0 Å². The first-order valence-corrected chi connectivity index (χ1v) is 7.83. The van der Waals surface area contributed by atoms with Crippen LogP contribution in [0.1, 0.15) is 26.4 Å². The van der Waals surface area contributed by atoms with E-state index in [9.17, 15) is 9.59 Å². The van der Waals surface area contributed by atoms with Crippen LogP contribution in [-0.2, 0) is 7.05 Å². The monoisotopic (exact) mass is 334 g/mol. The van der Waals surface area contributed by atoms with Gasteiger partial charge in [0.2, 0.25) is 0 Å². The highest BCUT2D eigenvalue weighted by molar-refractivity contribution is 6.09. The Morgan fingerprint density at radius 2 is 1.72 bits per heavy atom. The Morgan fingerprint density at radius 3 is 2.36 bits per heavy atom. The molecule has 5 nitrogen and oxygen atoms in total. The van der Waals surface area contributed by atoms with Crippen LogP contribution in [0.25, 0.3) is 11.1 Å². The highest BCUT2D eigenvalue weighted by Crippen LogP contribution is 2.25. The fourth-order valence-corrected chi connectivity index (χ4v) is 2.71. The van der Waals surface area contributed by atoms with E-state index in [0.717, 1.165) is 16.7 Å². The zero-order chi connectivity index (χ0) is 18.0. The third kappa shape index (κ3) is 3.45. The van der Waals surface area contributed by atoms with E-state index in [0.29, 0.717) is 11.3 Å². The molecule has 0 fully saturated rings. The summed E-state index contributed by atoms with van der Waals surface area (Å²) in [4.78, 5) is 23.8. The minimum atomic E-state index is -1.04. The number of carbonyl (C=O) groups excluding carboxylic acids is 1. The van der Waals surface area contributed by atoms with Gasteiger partial charge < -0.3 is 15.0 Å². The summed E-state index contributed by atoms with van der Waals surface area (Å²) < 4.78 is 1.46. The molecule has 0 spiro atoms. The molecule has 1 amide bonds. The molecular weight excluding hydrogens is 316 g/mol. The Hall–Kier alpha value is -3.34. The SMILES string of the molecule is Cc1ccc(-c2ccccc2C(=O)Nc2cc(C(=O)O)n(C)c2)cc1. The lowest BCUT2D eigenvalue weighted by Crippen LogP contribution is -2.12. The van der Waals surface area contributed by atoms with Crippen molar-refractivity contribution in [2.45, 2.75) is 6.92 Å². The molecule has 0 aliphatic carbocycles. The molecule has 126 valence electrons. The van der Waals surface area contributed by atoms with Gasteiger partial charge in [-0.3, -0.25) is 4.79 Å². The van der Waals surface area contributed by atoms with E-state index in [1.54, 1.807) is 25.4 Å². The van der Waals surface area contributed by atoms with E-state index >= 15 is 0 Å². The number of benzene rings is 2. The number of aryl methyl sites for hydroxylation is 2. The topological polar surface area (TPSA) is 71.3 Å². The van der Waals surface area contributed by atoms with Crippen molar-refractivity contribution < 1.29 is 14.7 Å². The second-order valence-corrected chi connectivity index (χ2v) is 5.90. The van der Waals surface area contributed by atoms with E-state index in [2.05, 4.69) is 5.32 Å². The van der Waals surface area contributed by atoms with Crippen LogP contribution in [-0.4, -0.2) is 21.6 Å². The highest BCUT2D eigenvalue weighted by atomic mass is 16.4. The number of anilines is 1. The van der Waals surface area contributed by atoms with Crippen molar-refractivity contribution in [1.82, 2.24) is 4.57 Å². The summed E-state index contributed by atoms with van der Waals surface area (Å²) in [5, 5.41) is 11.9. The van der Waals surface area contributed by atoms with Gasteiger partial charge in [0.25, 0.3) is 5.91 Å². The first kappa shape index (κ1) is 16.5. The maximum Gasteiger partial charge on any atom is 0.352 e. The smallest absolute Gasteiger partial charge is 0.352 e. The van der Waals surface area contributed by atoms with Crippen molar-refractivity contribution in [3.8, 4) is 11.1 Å². The average Bonchev–Trinajstić information content (AvgIpc) is 2.96. The number of aromatic nitrogens is 1. The lowest BCUT2D eigenvalue weighted by Gasteiger charge is -2.10. The number of rotatable bonds is 4. The lowest BCUT2D eigenvalue weighted by atomic mass is 9.98. The maximum atomic E-state index is 12.7. The van der Waals surface area contributed by atoms with Gasteiger partial charge >= 0.3 is 5.97 Å². The second kappa shape index (κ2) is 6.65. The normalized spacial score (nSPS) is 10.5. The third-order valence-electron chi connectivity index (χ3n) is 4.02. The van der Waals surface area contributed by atoms with Gasteiger partial charge in [-0.1, -0.05) is 48.0 Å². The Bertz CT molecular complexity index is 940. The molecule has 1 heterocycles. The van der Waals surface area contributed by atoms with Gasteiger partial charge in [0.1, 0.15) is 5.69 Å². The van der Waals surface area contributed by atoms with Crippen LogP contribution in [0, 0.1) is 6.92 Å². The van der Waals surface area contributed by atoms with Gasteiger partial charge in [-0.2, -0.15) is 0 Å². The number of carboxylic acids is 1. The summed E-state index contributed by atoms with van der Waals surface area (Å²) in [7, 11) is 1.62. The number of aromatic carboxylic acids is 1. The predicted molar refractivity (Wildman–Crippen MR) is 96.9 cm³/mol. The maximum absolute atomic E-state index is 12.7. The van der Waals surface area contributed by atoms with Crippen LogP contribution in [0.15, 0.2) is 60.8 Å². The summed E-state index contributed by atoms with van der Waals surface area (Å²) in [6, 6.07) is 16.7. The molecule has 0 atom stereocenters. The molecule has 2 N–H and O–H groups in total. The third-order valence-corrected chi connectivity index (χ3v) is 4.02. The number of nitrogens with one attached hydrogen (secondary N) is 1. The molecule has 0 aliphatic heterocycles. The summed E-state index contributed by atoms with van der Waals surface area (Å²) in [6.45, 7) is 2.01. The van der Waals surface area contributed by atoms with Gasteiger partial charge in [-0.25, -0.2) is 4.79 Å². The summed E-state index contributed by atoms with van der Waals surface area (Å²) >= 11 is 0. The molecule has 0 aliphatic rings. The standard InChI is InChI=1S/C20H18N2O3/c1-13-7-9-14(10-8-13)16-5-3-4-6-17(16)19(23)21-15-11-18(20(24)25)22(2)12-15/h3-12H,1-2H3,(H,21,23)(H,24,25). The molecular formula is C20H18N2O3. The quantitative estimate of drug-likeness (QED) is 0.759. The van der Waals surface area contributed by atoms with Crippen LogP contribution < -0.4 is 5.32 Å². The number of hydrogen-bond donors (Lipinski definition) is 2. The predicted octanol–water partition coefficient (Wildman–Crippen LogP) is 3.95. The van der Waals surface area contributed by atoms with E-state index in [1.165, 1.54) is 10.6 Å². The van der Waals surface area contributed by atoms with Crippen molar-refractivity contribution in [2.75, 3.05) is 5.32 Å². The van der Waals surface area contributed by atoms with Gasteiger partial charge in [-0.05, 0) is 30.2 Å². The van der Waals surface area contributed by atoms with Gasteiger partial charge in [-0.15, -0.1) is 0 Å². The van der Waals surface area contributed by atoms with E-state index in [4.69, 9.17) is 5.11 Å². The Labute approximate surface area is 145 Å². The summed E-state index contributed by atoms with van der Waals surface area (Å²) in [5.74, 6) is -1.32. The summed E-state index contributed by atoms with van der Waals surface area (Å²) in [5.41, 5.74) is 4.03. The van der Waals surface area contributed by atoms with Crippen LogP contribution in [0.5, 0.6) is 0 Å². The molecule has 2 aromatic carbocycles. The van der Waals surface area contributed by atoms with E-state index < -0.39 is 5.97 Å². The Kier molecular flexibility index (Phi) is 4.39. The molecule has 0 unspecified atom stereocenters. The molecule has 5 heteroatoms. The first-order valence-electron chi connectivity index (χ1n) is 7.83. The molecule has 0 saturated heterocycles. The molecule has 3 aromatic rings. The number of carbonyl (C=O) groups is 2. The van der Waals surface area contributed by atoms with Crippen molar-refractivity contribution in [3.05, 3.63) is 77.6 Å². The van der Waals surface area contributed by atoms with Crippen LogP contribution in [0.4, 0.5) is 5.69 Å². The van der Waals surface area contributed by atoms with Crippen molar-refractivity contribution in [3.63, 3.8) is 0 Å². The number of carboxylic acid groups (broad SMARTS) is 1. The molecule has 3 rings (SSSR count). The van der Waals surface area contributed by atoms with Crippen molar-refractivity contribution in [1.29, 1.82) is 0 Å².